The SMILES string of the molecule is C[C@H](C(=O)N1CC[C@H](c2cc3n(n2)[C@H](C(F)(F)F)C[C@@H](C(C)(C)C)N3)C1)c1ccccc1. The molecule has 8 heteroatoms. The smallest absolute Gasteiger partial charge is 0.367 e. The van der Waals surface area contributed by atoms with Gasteiger partial charge in [0, 0.05) is 31.1 Å². The molecule has 2 aromatic rings. The van der Waals surface area contributed by atoms with E-state index < -0.39 is 12.2 Å². The summed E-state index contributed by atoms with van der Waals surface area (Å²) in [7, 11) is 0. The first-order chi connectivity index (χ1) is 14.9. The molecular weight excluding hydrogens is 417 g/mol. The van der Waals surface area contributed by atoms with E-state index in [9.17, 15) is 18.0 Å². The minimum absolute atomic E-state index is 0.0433. The standard InChI is InChI=1S/C24H31F3N4O/c1-15(16-8-6-5-7-9-16)22(32)30-11-10-17(14-30)18-12-21-28-19(23(2,3)4)13-20(24(25,26)27)31(21)29-18/h5-9,12,15,17,19-20,28H,10-11,13-14H2,1-4H3/t15-,17-,19-,20-/m0/s1. The predicted octanol–water partition coefficient (Wildman–Crippen LogP) is 5.34. The molecule has 2 aliphatic heterocycles. The molecule has 1 aromatic carbocycles. The summed E-state index contributed by atoms with van der Waals surface area (Å²) in [5, 5.41) is 7.67. The van der Waals surface area contributed by atoms with E-state index in [1.54, 1.807) is 6.07 Å². The maximum absolute atomic E-state index is 13.8. The van der Waals surface area contributed by atoms with Crippen molar-refractivity contribution in [2.24, 2.45) is 5.41 Å². The topological polar surface area (TPSA) is 50.2 Å². The van der Waals surface area contributed by atoms with Gasteiger partial charge < -0.3 is 10.2 Å². The van der Waals surface area contributed by atoms with Crippen LogP contribution in [0.1, 0.15) is 69.7 Å². The molecule has 174 valence electrons. The molecule has 1 saturated heterocycles. The number of likely N-dealkylation sites (tertiary alicyclic amines) is 1. The number of fused-ring (bicyclic) bond motifs is 1. The van der Waals surface area contributed by atoms with Crippen LogP contribution in [-0.2, 0) is 4.79 Å². The van der Waals surface area contributed by atoms with Gasteiger partial charge in [-0.05, 0) is 30.7 Å². The minimum Gasteiger partial charge on any atom is -0.367 e. The average molecular weight is 449 g/mol. The third-order valence-corrected chi connectivity index (χ3v) is 6.84. The van der Waals surface area contributed by atoms with Gasteiger partial charge in [-0.1, -0.05) is 51.1 Å². The molecule has 0 saturated carbocycles. The summed E-state index contributed by atoms with van der Waals surface area (Å²) in [4.78, 5) is 14.8. The minimum atomic E-state index is -4.37. The Bertz CT molecular complexity index is 964. The van der Waals surface area contributed by atoms with Crippen LogP contribution in [-0.4, -0.2) is 45.9 Å². The van der Waals surface area contributed by atoms with Gasteiger partial charge in [-0.3, -0.25) is 4.79 Å². The number of hydrogen-bond acceptors (Lipinski definition) is 3. The zero-order valence-electron chi connectivity index (χ0n) is 19.0. The Balaban J connectivity index is 1.53. The van der Waals surface area contributed by atoms with E-state index in [1.165, 1.54) is 0 Å². The molecule has 1 amide bonds. The molecule has 4 rings (SSSR count). The van der Waals surface area contributed by atoms with Crippen molar-refractivity contribution in [3.8, 4) is 0 Å². The maximum Gasteiger partial charge on any atom is 0.410 e. The molecule has 0 spiro atoms. The number of hydrogen-bond donors (Lipinski definition) is 1. The van der Waals surface area contributed by atoms with Gasteiger partial charge in [-0.2, -0.15) is 18.3 Å². The molecule has 0 bridgehead atoms. The number of rotatable bonds is 3. The number of anilines is 1. The lowest BCUT2D eigenvalue weighted by atomic mass is 9.82. The summed E-state index contributed by atoms with van der Waals surface area (Å²) in [6.07, 6.45) is -3.72. The van der Waals surface area contributed by atoms with Crippen LogP contribution in [0.4, 0.5) is 19.0 Å². The first-order valence-corrected chi connectivity index (χ1v) is 11.2. The number of carbonyl (C=O) groups is 1. The fourth-order valence-corrected chi connectivity index (χ4v) is 4.72. The summed E-state index contributed by atoms with van der Waals surface area (Å²) in [6, 6.07) is 9.42. The number of aromatic nitrogens is 2. The molecule has 0 unspecified atom stereocenters. The van der Waals surface area contributed by atoms with Crippen LogP contribution in [0.25, 0.3) is 0 Å². The summed E-state index contributed by atoms with van der Waals surface area (Å²) >= 11 is 0. The highest BCUT2D eigenvalue weighted by molar-refractivity contribution is 5.83. The Labute approximate surface area is 187 Å². The van der Waals surface area contributed by atoms with Gasteiger partial charge in [0.05, 0.1) is 11.6 Å². The molecule has 32 heavy (non-hydrogen) atoms. The summed E-state index contributed by atoms with van der Waals surface area (Å²) in [5.41, 5.74) is 1.27. The van der Waals surface area contributed by atoms with Gasteiger partial charge in [0.15, 0.2) is 6.04 Å². The van der Waals surface area contributed by atoms with Gasteiger partial charge in [0.2, 0.25) is 5.91 Å². The number of nitrogens with zero attached hydrogens (tertiary/aromatic N) is 3. The molecule has 1 aromatic heterocycles. The largest absolute Gasteiger partial charge is 0.410 e. The van der Waals surface area contributed by atoms with Gasteiger partial charge in [0.25, 0.3) is 0 Å². The number of benzene rings is 1. The second-order valence-corrected chi connectivity index (χ2v) is 10.2. The van der Waals surface area contributed by atoms with Crippen molar-refractivity contribution >= 4 is 11.7 Å². The third-order valence-electron chi connectivity index (χ3n) is 6.84. The van der Waals surface area contributed by atoms with Gasteiger partial charge in [0.1, 0.15) is 5.82 Å². The number of amides is 1. The van der Waals surface area contributed by atoms with Crippen LogP contribution in [0.15, 0.2) is 36.4 Å². The molecule has 2 aliphatic rings. The van der Waals surface area contributed by atoms with Gasteiger partial charge in [-0.25, -0.2) is 4.68 Å². The summed E-state index contributed by atoms with van der Waals surface area (Å²) in [5.74, 6) is 0.135. The van der Waals surface area contributed by atoms with E-state index in [2.05, 4.69) is 10.4 Å². The van der Waals surface area contributed by atoms with Crippen LogP contribution < -0.4 is 5.32 Å². The zero-order valence-corrected chi connectivity index (χ0v) is 19.0. The van der Waals surface area contributed by atoms with E-state index in [-0.39, 0.29) is 35.6 Å². The fraction of sp³-hybridized carbons (Fsp3) is 0.583. The Kier molecular flexibility index (Phi) is 5.75. The maximum atomic E-state index is 13.8. The van der Waals surface area contributed by atoms with Crippen molar-refractivity contribution in [2.45, 2.75) is 70.6 Å². The predicted molar refractivity (Wildman–Crippen MR) is 118 cm³/mol. The van der Waals surface area contributed by atoms with E-state index in [0.29, 0.717) is 31.0 Å². The Hall–Kier alpha value is -2.51. The zero-order chi connectivity index (χ0) is 23.3. The Morgan fingerprint density at radius 2 is 1.88 bits per heavy atom. The van der Waals surface area contributed by atoms with Crippen molar-refractivity contribution in [1.82, 2.24) is 14.7 Å². The van der Waals surface area contributed by atoms with Crippen LogP contribution in [0, 0.1) is 5.41 Å². The number of carbonyl (C=O) groups excluding carboxylic acids is 1. The summed E-state index contributed by atoms with van der Waals surface area (Å²) < 4.78 is 42.6. The molecule has 5 nitrogen and oxygen atoms in total. The monoisotopic (exact) mass is 448 g/mol. The molecule has 1 fully saturated rings. The number of nitrogens with one attached hydrogen (secondary N) is 1. The lowest BCUT2D eigenvalue weighted by Crippen LogP contribution is -2.44. The first-order valence-electron chi connectivity index (χ1n) is 11.2. The van der Waals surface area contributed by atoms with E-state index in [4.69, 9.17) is 0 Å². The molecule has 3 heterocycles. The van der Waals surface area contributed by atoms with Crippen molar-refractivity contribution < 1.29 is 18.0 Å². The Morgan fingerprint density at radius 3 is 2.50 bits per heavy atom. The van der Waals surface area contributed by atoms with Crippen LogP contribution in [0.3, 0.4) is 0 Å². The van der Waals surface area contributed by atoms with Crippen molar-refractivity contribution in [1.29, 1.82) is 0 Å². The highest BCUT2D eigenvalue weighted by Gasteiger charge is 2.48. The fourth-order valence-electron chi connectivity index (χ4n) is 4.72. The van der Waals surface area contributed by atoms with Gasteiger partial charge >= 0.3 is 6.18 Å². The van der Waals surface area contributed by atoms with E-state index >= 15 is 0 Å². The second kappa shape index (κ2) is 8.12. The van der Waals surface area contributed by atoms with Crippen molar-refractivity contribution in [2.75, 3.05) is 18.4 Å². The molecule has 0 radical (unpaired) electrons. The van der Waals surface area contributed by atoms with E-state index in [0.717, 1.165) is 10.2 Å². The highest BCUT2D eigenvalue weighted by atomic mass is 19.4. The molecular formula is C24H31F3N4O. The Morgan fingerprint density at radius 1 is 1.19 bits per heavy atom. The molecule has 1 N–H and O–H groups in total. The summed E-state index contributed by atoms with van der Waals surface area (Å²) in [6.45, 7) is 8.79. The van der Waals surface area contributed by atoms with Gasteiger partial charge in [-0.15, -0.1) is 0 Å². The number of halogens is 3. The van der Waals surface area contributed by atoms with Crippen LogP contribution in [0.2, 0.25) is 0 Å². The van der Waals surface area contributed by atoms with Crippen molar-refractivity contribution in [3.05, 3.63) is 47.7 Å². The van der Waals surface area contributed by atoms with Crippen molar-refractivity contribution in [3.63, 3.8) is 0 Å². The number of alkyl halides is 3. The quantitative estimate of drug-likeness (QED) is 0.690. The average Bonchev–Trinajstić information content (AvgIpc) is 3.38. The normalized spacial score (nSPS) is 24.7. The highest BCUT2D eigenvalue weighted by Crippen LogP contribution is 2.44. The molecule has 4 atom stereocenters. The van der Waals surface area contributed by atoms with Crippen LogP contribution in [0.5, 0.6) is 0 Å². The van der Waals surface area contributed by atoms with E-state index in [1.807, 2.05) is 62.9 Å². The first kappa shape index (κ1) is 22.7. The third kappa shape index (κ3) is 4.36. The lowest BCUT2D eigenvalue weighted by molar-refractivity contribution is -0.175. The van der Waals surface area contributed by atoms with Crippen LogP contribution >= 0.6 is 0 Å². The molecule has 0 aliphatic carbocycles. The lowest BCUT2D eigenvalue weighted by Gasteiger charge is -2.39. The second-order valence-electron chi connectivity index (χ2n) is 10.2.